The zero-order valence-corrected chi connectivity index (χ0v) is 5.91. The molecule has 0 saturated heterocycles. The minimum atomic E-state index is 0. The van der Waals surface area contributed by atoms with E-state index in [2.05, 4.69) is 12.2 Å². The summed E-state index contributed by atoms with van der Waals surface area (Å²) in [5.41, 5.74) is 0. The zero-order valence-electron chi connectivity index (χ0n) is 4.92. The number of nitrogens with one attached hydrogen (secondary N) is 1. The molecule has 1 amide bonds. The fourth-order valence-corrected chi connectivity index (χ4v) is 0.338. The Hall–Kier alpha value is -0.0365. The summed E-state index contributed by atoms with van der Waals surface area (Å²) >= 11 is 0. The van der Waals surface area contributed by atoms with Crippen LogP contribution in [0.25, 0.3) is 0 Å². The van der Waals surface area contributed by atoms with E-state index >= 15 is 0 Å². The van der Waals surface area contributed by atoms with Crippen molar-refractivity contribution < 1.29 is 21.3 Å². The summed E-state index contributed by atoms with van der Waals surface area (Å²) in [6, 6.07) is 0. The molecule has 0 radical (unpaired) electrons. The fraction of sp³-hybridized carbons (Fsp3) is 0.800. The molecule has 0 aliphatic carbocycles. The Morgan fingerprint density at radius 1 is 1.62 bits per heavy atom. The number of hydrogen-bond acceptors (Lipinski definition) is 1. The van der Waals surface area contributed by atoms with Gasteiger partial charge in [0.2, 0.25) is 6.41 Å². The summed E-state index contributed by atoms with van der Waals surface area (Å²) in [6.45, 7) is 2.91. The van der Waals surface area contributed by atoms with Gasteiger partial charge in [0, 0.05) is 23.0 Å². The quantitative estimate of drug-likeness (QED) is 0.362. The Morgan fingerprint density at radius 2 is 2.25 bits per heavy atom. The van der Waals surface area contributed by atoms with Crippen LogP contribution in [0.15, 0.2) is 0 Å². The molecular formula is C5H11NNiO. The maximum absolute atomic E-state index is 9.57. The van der Waals surface area contributed by atoms with Gasteiger partial charge in [0.1, 0.15) is 0 Å². The second-order valence-corrected chi connectivity index (χ2v) is 1.43. The van der Waals surface area contributed by atoms with Crippen molar-refractivity contribution >= 4 is 6.41 Å². The van der Waals surface area contributed by atoms with Crippen LogP contribution in [0.4, 0.5) is 0 Å². The Morgan fingerprint density at radius 3 is 2.62 bits per heavy atom. The molecule has 52 valence electrons. The van der Waals surface area contributed by atoms with Crippen molar-refractivity contribution in [3.8, 4) is 0 Å². The van der Waals surface area contributed by atoms with Gasteiger partial charge >= 0.3 is 0 Å². The fourth-order valence-electron chi connectivity index (χ4n) is 0.338. The Balaban J connectivity index is 0. The Bertz CT molecular complexity index is 49.7. The van der Waals surface area contributed by atoms with Crippen LogP contribution < -0.4 is 5.32 Å². The first-order valence-electron chi connectivity index (χ1n) is 2.59. The van der Waals surface area contributed by atoms with Crippen molar-refractivity contribution in [1.29, 1.82) is 0 Å². The molecule has 3 heteroatoms. The molecule has 0 unspecified atom stereocenters. The smallest absolute Gasteiger partial charge is 0.207 e. The maximum Gasteiger partial charge on any atom is 0.207 e. The van der Waals surface area contributed by atoms with Crippen molar-refractivity contribution in [1.82, 2.24) is 5.32 Å². The monoisotopic (exact) mass is 159 g/mol. The molecule has 8 heavy (non-hydrogen) atoms. The number of hydrogen-bond donors (Lipinski definition) is 1. The van der Waals surface area contributed by atoms with E-state index in [4.69, 9.17) is 0 Å². The van der Waals surface area contributed by atoms with Gasteiger partial charge in [0.15, 0.2) is 0 Å². The molecule has 0 aliphatic rings. The van der Waals surface area contributed by atoms with Gasteiger partial charge in [-0.15, -0.1) is 0 Å². The topological polar surface area (TPSA) is 29.1 Å². The summed E-state index contributed by atoms with van der Waals surface area (Å²) in [7, 11) is 0. The molecular weight excluding hydrogens is 149 g/mol. The van der Waals surface area contributed by atoms with Gasteiger partial charge in [-0.25, -0.2) is 0 Å². The molecule has 0 aromatic heterocycles. The molecule has 0 saturated carbocycles. The number of rotatable bonds is 4. The van der Waals surface area contributed by atoms with Gasteiger partial charge < -0.3 is 5.32 Å². The summed E-state index contributed by atoms with van der Waals surface area (Å²) in [6.07, 6.45) is 2.95. The predicted molar refractivity (Wildman–Crippen MR) is 29.0 cm³/mol. The van der Waals surface area contributed by atoms with Crippen LogP contribution in [0.2, 0.25) is 0 Å². The Labute approximate surface area is 60.0 Å². The van der Waals surface area contributed by atoms with Gasteiger partial charge in [0.25, 0.3) is 0 Å². The molecule has 1 N–H and O–H groups in total. The van der Waals surface area contributed by atoms with Crippen molar-refractivity contribution in [3.63, 3.8) is 0 Å². The number of amides is 1. The number of carbonyl (C=O) groups excluding carboxylic acids is 1. The minimum Gasteiger partial charge on any atom is -0.359 e. The second-order valence-electron chi connectivity index (χ2n) is 1.43. The number of unbranched alkanes of at least 4 members (excludes halogenated alkanes) is 1. The van der Waals surface area contributed by atoms with Crippen molar-refractivity contribution in [2.45, 2.75) is 19.8 Å². The maximum atomic E-state index is 9.57. The van der Waals surface area contributed by atoms with Gasteiger partial charge in [-0.1, -0.05) is 13.3 Å². The van der Waals surface area contributed by atoms with E-state index in [1.807, 2.05) is 0 Å². The molecule has 0 aromatic rings. The van der Waals surface area contributed by atoms with Gasteiger partial charge in [-0.3, -0.25) is 4.79 Å². The molecule has 0 bridgehead atoms. The van der Waals surface area contributed by atoms with Crippen molar-refractivity contribution in [3.05, 3.63) is 0 Å². The summed E-state index contributed by atoms with van der Waals surface area (Å²) in [5, 5.41) is 2.57. The van der Waals surface area contributed by atoms with Crippen molar-refractivity contribution in [2.24, 2.45) is 0 Å². The average Bonchev–Trinajstić information content (AvgIpc) is 1.69. The molecule has 0 aliphatic heterocycles. The van der Waals surface area contributed by atoms with Crippen molar-refractivity contribution in [2.75, 3.05) is 6.54 Å². The third kappa shape index (κ3) is 9.35. The largest absolute Gasteiger partial charge is 0.359 e. The van der Waals surface area contributed by atoms with Crippen LogP contribution in [-0.4, -0.2) is 13.0 Å². The van der Waals surface area contributed by atoms with E-state index in [1.165, 1.54) is 0 Å². The normalized spacial score (nSPS) is 7.12. The summed E-state index contributed by atoms with van der Waals surface area (Å²) in [4.78, 5) is 9.57. The van der Waals surface area contributed by atoms with E-state index < -0.39 is 0 Å². The molecule has 0 atom stereocenters. The average molecular weight is 160 g/mol. The molecule has 0 fully saturated rings. The molecule has 0 heterocycles. The first kappa shape index (κ1) is 10.9. The first-order valence-corrected chi connectivity index (χ1v) is 2.59. The minimum absolute atomic E-state index is 0. The van der Waals surface area contributed by atoms with Gasteiger partial charge in [0.05, 0.1) is 0 Å². The van der Waals surface area contributed by atoms with Crippen LogP contribution in [0, 0.1) is 0 Å². The standard InChI is InChI=1S/C5H11NO.Ni/c1-2-3-4-6-5-7;/h5H,2-4H2,1H3,(H,6,7);. The van der Waals surface area contributed by atoms with E-state index in [0.717, 1.165) is 25.8 Å². The van der Waals surface area contributed by atoms with Gasteiger partial charge in [-0.05, 0) is 6.42 Å². The SMILES string of the molecule is CCCCNC=O.[Ni]. The molecule has 0 spiro atoms. The Kier molecular flexibility index (Phi) is 13.6. The molecule has 0 rings (SSSR count). The number of carbonyl (C=O) groups is 1. The third-order valence-electron chi connectivity index (χ3n) is 0.758. The predicted octanol–water partition coefficient (Wildman–Crippen LogP) is 0.530. The van der Waals surface area contributed by atoms with E-state index in [-0.39, 0.29) is 16.5 Å². The summed E-state index contributed by atoms with van der Waals surface area (Å²) in [5.74, 6) is 0. The van der Waals surface area contributed by atoms with E-state index in [9.17, 15) is 4.79 Å². The van der Waals surface area contributed by atoms with Crippen LogP contribution >= 0.6 is 0 Å². The molecule has 2 nitrogen and oxygen atoms in total. The molecule has 0 aromatic carbocycles. The zero-order chi connectivity index (χ0) is 5.54. The summed E-state index contributed by atoms with van der Waals surface area (Å²) < 4.78 is 0. The van der Waals surface area contributed by atoms with E-state index in [0.29, 0.717) is 0 Å². The van der Waals surface area contributed by atoms with Crippen LogP contribution in [0.1, 0.15) is 19.8 Å². The second kappa shape index (κ2) is 10.1. The van der Waals surface area contributed by atoms with Crippen LogP contribution in [-0.2, 0) is 21.3 Å². The first-order chi connectivity index (χ1) is 3.41. The van der Waals surface area contributed by atoms with Crippen LogP contribution in [0.5, 0.6) is 0 Å². The van der Waals surface area contributed by atoms with Gasteiger partial charge in [-0.2, -0.15) is 0 Å². The third-order valence-corrected chi connectivity index (χ3v) is 0.758. The van der Waals surface area contributed by atoms with E-state index in [1.54, 1.807) is 0 Å². The van der Waals surface area contributed by atoms with Crippen LogP contribution in [0.3, 0.4) is 0 Å².